The van der Waals surface area contributed by atoms with Gasteiger partial charge in [0.25, 0.3) is 0 Å². The quantitative estimate of drug-likeness (QED) is 0.301. The molecule has 78 valence electrons. The van der Waals surface area contributed by atoms with E-state index in [2.05, 4.69) is 11.3 Å². The number of terminal acetylenes is 1. The summed E-state index contributed by atoms with van der Waals surface area (Å²) in [6.45, 7) is 0. The molecule has 0 bridgehead atoms. The molecule has 3 unspecified atom stereocenters. The molecular formula is C12H20N2. The van der Waals surface area contributed by atoms with E-state index in [1.165, 1.54) is 19.3 Å². The lowest BCUT2D eigenvalue weighted by molar-refractivity contribution is 0.317. The van der Waals surface area contributed by atoms with Gasteiger partial charge in [-0.05, 0) is 49.9 Å². The molecule has 3 atom stereocenters. The second kappa shape index (κ2) is 4.33. The van der Waals surface area contributed by atoms with Gasteiger partial charge in [-0.1, -0.05) is 0 Å². The van der Waals surface area contributed by atoms with Crippen LogP contribution < -0.4 is 11.3 Å². The summed E-state index contributed by atoms with van der Waals surface area (Å²) in [5.41, 5.74) is 2.98. The van der Waals surface area contributed by atoms with Crippen LogP contribution in [0.4, 0.5) is 0 Å². The van der Waals surface area contributed by atoms with E-state index in [9.17, 15) is 0 Å². The highest BCUT2D eigenvalue weighted by Gasteiger charge is 2.47. The molecule has 0 aliphatic heterocycles. The van der Waals surface area contributed by atoms with Crippen molar-refractivity contribution in [3.8, 4) is 12.3 Å². The number of fused-ring (bicyclic) bond motifs is 1. The number of hydrogen-bond acceptors (Lipinski definition) is 2. The summed E-state index contributed by atoms with van der Waals surface area (Å²) in [6.07, 6.45) is 12.7. The molecule has 0 heterocycles. The Kier molecular flexibility index (Phi) is 3.10. The van der Waals surface area contributed by atoms with Gasteiger partial charge in [0, 0.05) is 12.5 Å². The minimum absolute atomic E-state index is 0.510. The predicted molar refractivity (Wildman–Crippen MR) is 58.1 cm³/mol. The monoisotopic (exact) mass is 192 g/mol. The molecule has 0 aromatic carbocycles. The normalized spacial score (nSPS) is 36.1. The first-order chi connectivity index (χ1) is 6.85. The van der Waals surface area contributed by atoms with E-state index < -0.39 is 0 Å². The topological polar surface area (TPSA) is 38.0 Å². The average molecular weight is 192 g/mol. The van der Waals surface area contributed by atoms with E-state index in [1.807, 2.05) is 0 Å². The first-order valence-electron chi connectivity index (χ1n) is 5.74. The number of nitrogens with two attached hydrogens (primary N) is 1. The third kappa shape index (κ3) is 2.10. The van der Waals surface area contributed by atoms with E-state index in [-0.39, 0.29) is 0 Å². The van der Waals surface area contributed by atoms with Crippen LogP contribution in [-0.2, 0) is 0 Å². The highest BCUT2D eigenvalue weighted by molar-refractivity contribution is 4.99. The fourth-order valence-electron chi connectivity index (χ4n) is 2.97. The SMILES string of the molecule is C#CCCCC(NN)C1CC2CC2C1. The van der Waals surface area contributed by atoms with Crippen LogP contribution in [0.15, 0.2) is 0 Å². The van der Waals surface area contributed by atoms with E-state index in [0.717, 1.165) is 37.0 Å². The van der Waals surface area contributed by atoms with Crippen molar-refractivity contribution in [2.75, 3.05) is 0 Å². The van der Waals surface area contributed by atoms with E-state index >= 15 is 0 Å². The van der Waals surface area contributed by atoms with E-state index in [0.29, 0.717) is 6.04 Å². The fourth-order valence-corrected chi connectivity index (χ4v) is 2.97. The maximum Gasteiger partial charge on any atom is 0.0239 e. The number of hydrogen-bond donors (Lipinski definition) is 2. The molecule has 2 nitrogen and oxygen atoms in total. The van der Waals surface area contributed by atoms with Crippen molar-refractivity contribution in [3.05, 3.63) is 0 Å². The summed E-state index contributed by atoms with van der Waals surface area (Å²) in [4.78, 5) is 0. The summed E-state index contributed by atoms with van der Waals surface area (Å²) < 4.78 is 0. The van der Waals surface area contributed by atoms with Crippen LogP contribution in [0, 0.1) is 30.1 Å². The molecule has 2 aliphatic rings. The van der Waals surface area contributed by atoms with Gasteiger partial charge in [-0.3, -0.25) is 11.3 Å². The second-order valence-corrected chi connectivity index (χ2v) is 4.86. The molecule has 2 rings (SSSR count). The Morgan fingerprint density at radius 3 is 2.64 bits per heavy atom. The molecule has 3 N–H and O–H groups in total. The summed E-state index contributed by atoms with van der Waals surface area (Å²) in [5, 5.41) is 0. The van der Waals surface area contributed by atoms with Crippen molar-refractivity contribution >= 4 is 0 Å². The maximum absolute atomic E-state index is 5.59. The van der Waals surface area contributed by atoms with Gasteiger partial charge < -0.3 is 0 Å². The first-order valence-corrected chi connectivity index (χ1v) is 5.74. The van der Waals surface area contributed by atoms with Gasteiger partial charge in [-0.25, -0.2) is 0 Å². The van der Waals surface area contributed by atoms with Crippen molar-refractivity contribution in [2.24, 2.45) is 23.6 Å². The molecule has 0 amide bonds. The zero-order chi connectivity index (χ0) is 9.97. The zero-order valence-corrected chi connectivity index (χ0v) is 8.71. The number of rotatable bonds is 5. The van der Waals surface area contributed by atoms with Gasteiger partial charge in [-0.2, -0.15) is 0 Å². The molecule has 0 radical (unpaired) electrons. The lowest BCUT2D eigenvalue weighted by Crippen LogP contribution is -2.40. The predicted octanol–water partition coefficient (Wildman–Crippen LogP) is 1.67. The summed E-state index contributed by atoms with van der Waals surface area (Å²) in [5.74, 6) is 11.2. The van der Waals surface area contributed by atoms with Crippen molar-refractivity contribution in [1.82, 2.24) is 5.43 Å². The van der Waals surface area contributed by atoms with Crippen molar-refractivity contribution < 1.29 is 0 Å². The molecule has 0 saturated heterocycles. The Morgan fingerprint density at radius 2 is 2.07 bits per heavy atom. The average Bonchev–Trinajstić information content (AvgIpc) is 2.81. The molecule has 0 aromatic heterocycles. The highest BCUT2D eigenvalue weighted by atomic mass is 15.2. The van der Waals surface area contributed by atoms with Gasteiger partial charge in [0.05, 0.1) is 0 Å². The van der Waals surface area contributed by atoms with Gasteiger partial charge in [0.15, 0.2) is 0 Å². The van der Waals surface area contributed by atoms with Gasteiger partial charge in [0.2, 0.25) is 0 Å². The summed E-state index contributed by atoms with van der Waals surface area (Å²) in [7, 11) is 0. The summed E-state index contributed by atoms with van der Waals surface area (Å²) in [6, 6.07) is 0.510. The van der Waals surface area contributed by atoms with Crippen LogP contribution in [0.25, 0.3) is 0 Å². The lowest BCUT2D eigenvalue weighted by Gasteiger charge is -2.23. The minimum atomic E-state index is 0.510. The largest absolute Gasteiger partial charge is 0.271 e. The Morgan fingerprint density at radius 1 is 1.36 bits per heavy atom. The number of unbranched alkanes of at least 4 members (excludes halogenated alkanes) is 1. The lowest BCUT2D eigenvalue weighted by atomic mass is 9.91. The molecule has 2 aliphatic carbocycles. The molecular weight excluding hydrogens is 172 g/mol. The number of nitrogens with one attached hydrogen (secondary N) is 1. The molecule has 2 saturated carbocycles. The van der Waals surface area contributed by atoms with Crippen LogP contribution in [0.3, 0.4) is 0 Å². The second-order valence-electron chi connectivity index (χ2n) is 4.86. The van der Waals surface area contributed by atoms with Gasteiger partial charge >= 0.3 is 0 Å². The Bertz CT molecular complexity index is 221. The standard InChI is InChI=1S/C12H20N2/c1-2-3-4-5-12(14-13)11-7-9-6-10(9)8-11/h1,9-12,14H,3-8,13H2. The van der Waals surface area contributed by atoms with Crippen molar-refractivity contribution in [2.45, 2.75) is 44.6 Å². The first kappa shape index (κ1) is 10.0. The minimum Gasteiger partial charge on any atom is -0.271 e. The van der Waals surface area contributed by atoms with E-state index in [1.54, 1.807) is 0 Å². The van der Waals surface area contributed by atoms with Crippen molar-refractivity contribution in [1.29, 1.82) is 0 Å². The molecule has 2 fully saturated rings. The number of hydrazine groups is 1. The molecule has 0 aromatic rings. The van der Waals surface area contributed by atoms with Crippen LogP contribution in [0.1, 0.15) is 38.5 Å². The van der Waals surface area contributed by atoms with Crippen LogP contribution in [-0.4, -0.2) is 6.04 Å². The third-order valence-electron chi connectivity index (χ3n) is 3.90. The Labute approximate surface area is 86.6 Å². The molecule has 0 spiro atoms. The summed E-state index contributed by atoms with van der Waals surface area (Å²) >= 11 is 0. The molecule has 14 heavy (non-hydrogen) atoms. The van der Waals surface area contributed by atoms with Crippen LogP contribution >= 0.6 is 0 Å². The zero-order valence-electron chi connectivity index (χ0n) is 8.71. The van der Waals surface area contributed by atoms with E-state index in [4.69, 9.17) is 12.3 Å². The van der Waals surface area contributed by atoms with Gasteiger partial charge in [0.1, 0.15) is 0 Å². The van der Waals surface area contributed by atoms with Crippen molar-refractivity contribution in [3.63, 3.8) is 0 Å². The maximum atomic E-state index is 5.59. The highest BCUT2D eigenvalue weighted by Crippen LogP contribution is 2.55. The fraction of sp³-hybridized carbons (Fsp3) is 0.833. The third-order valence-corrected chi connectivity index (χ3v) is 3.90. The smallest absolute Gasteiger partial charge is 0.0239 e. The van der Waals surface area contributed by atoms with Crippen LogP contribution in [0.5, 0.6) is 0 Å². The van der Waals surface area contributed by atoms with Gasteiger partial charge in [-0.15, -0.1) is 12.3 Å². The van der Waals surface area contributed by atoms with Crippen LogP contribution in [0.2, 0.25) is 0 Å². The Balaban J connectivity index is 1.72. The Hall–Kier alpha value is -0.520. The molecule has 2 heteroatoms.